The maximum absolute atomic E-state index is 9.51. The third-order valence-corrected chi connectivity index (χ3v) is 4.74. The lowest BCUT2D eigenvalue weighted by atomic mass is 10.1. The first-order chi connectivity index (χ1) is 8.09. The molecule has 0 radical (unpaired) electrons. The number of anilines is 1. The molecule has 1 aliphatic heterocycles. The number of aliphatic hydroxyl groups excluding tert-OH is 1. The Balaban J connectivity index is 2.20. The third kappa shape index (κ3) is 2.90. The molecular weight excluding hydrogens is 254 g/mol. The Labute approximate surface area is 112 Å². The minimum Gasteiger partial charge on any atom is -0.389 e. The lowest BCUT2D eigenvalue weighted by Gasteiger charge is -2.27. The molecule has 0 aliphatic carbocycles. The van der Waals surface area contributed by atoms with Crippen LogP contribution < -0.4 is 4.90 Å². The predicted octanol–water partition coefficient (Wildman–Crippen LogP) is 3.34. The van der Waals surface area contributed by atoms with Crippen molar-refractivity contribution in [2.45, 2.75) is 25.5 Å². The second-order valence-electron chi connectivity index (χ2n) is 4.52. The van der Waals surface area contributed by atoms with E-state index in [4.69, 9.17) is 11.6 Å². The highest BCUT2D eigenvalue weighted by molar-refractivity contribution is 7.99. The number of rotatable bonds is 3. The number of benzene rings is 1. The van der Waals surface area contributed by atoms with Crippen molar-refractivity contribution in [1.82, 2.24) is 0 Å². The molecule has 0 amide bonds. The molecule has 2 rings (SSSR count). The quantitative estimate of drug-likeness (QED) is 0.912. The molecule has 0 aromatic heterocycles. The molecule has 17 heavy (non-hydrogen) atoms. The summed E-state index contributed by atoms with van der Waals surface area (Å²) in [5.74, 6) is 2.41. The average molecular weight is 272 g/mol. The van der Waals surface area contributed by atoms with E-state index in [-0.39, 0.29) is 0 Å². The van der Waals surface area contributed by atoms with E-state index in [9.17, 15) is 5.11 Å². The van der Waals surface area contributed by atoms with Crippen molar-refractivity contribution in [2.75, 3.05) is 23.5 Å². The first-order valence-corrected chi connectivity index (χ1v) is 7.41. The topological polar surface area (TPSA) is 23.5 Å². The first kappa shape index (κ1) is 13.1. The summed E-state index contributed by atoms with van der Waals surface area (Å²) in [7, 11) is 2.10. The Hall–Kier alpha value is -0.380. The van der Waals surface area contributed by atoms with Crippen molar-refractivity contribution in [1.29, 1.82) is 0 Å². The second kappa shape index (κ2) is 5.51. The van der Waals surface area contributed by atoms with E-state index in [1.807, 2.05) is 30.0 Å². The van der Waals surface area contributed by atoms with Crippen molar-refractivity contribution < 1.29 is 5.11 Å². The average Bonchev–Trinajstić information content (AvgIpc) is 2.81. The summed E-state index contributed by atoms with van der Waals surface area (Å²) in [6.07, 6.45) is 0.754. The van der Waals surface area contributed by atoms with Crippen LogP contribution in [0.1, 0.15) is 25.0 Å². The van der Waals surface area contributed by atoms with Gasteiger partial charge >= 0.3 is 0 Å². The maximum Gasteiger partial charge on any atom is 0.0762 e. The summed E-state index contributed by atoms with van der Waals surface area (Å²) in [5.41, 5.74) is 1.93. The van der Waals surface area contributed by atoms with E-state index in [1.54, 1.807) is 6.92 Å². The highest BCUT2D eigenvalue weighted by atomic mass is 35.5. The van der Waals surface area contributed by atoms with Crippen molar-refractivity contribution in [2.24, 2.45) is 0 Å². The van der Waals surface area contributed by atoms with Gasteiger partial charge in [0.2, 0.25) is 0 Å². The summed E-state index contributed by atoms with van der Waals surface area (Å²) in [6.45, 7) is 1.75. The first-order valence-electron chi connectivity index (χ1n) is 5.87. The van der Waals surface area contributed by atoms with E-state index in [2.05, 4.69) is 11.9 Å². The van der Waals surface area contributed by atoms with Crippen LogP contribution in [0.3, 0.4) is 0 Å². The van der Waals surface area contributed by atoms with Crippen LogP contribution in [0.25, 0.3) is 0 Å². The Morgan fingerprint density at radius 2 is 2.29 bits per heavy atom. The monoisotopic (exact) mass is 271 g/mol. The third-order valence-electron chi connectivity index (χ3n) is 3.29. The lowest BCUT2D eigenvalue weighted by molar-refractivity contribution is 0.199. The van der Waals surface area contributed by atoms with Gasteiger partial charge in [-0.1, -0.05) is 17.7 Å². The molecule has 1 saturated heterocycles. The SMILES string of the molecule is C[C@@H](O)c1ccc(N(C)C2CCSC2)c(Cl)c1. The van der Waals surface area contributed by atoms with Gasteiger partial charge in [0.05, 0.1) is 16.8 Å². The van der Waals surface area contributed by atoms with Crippen LogP contribution in [0.15, 0.2) is 18.2 Å². The van der Waals surface area contributed by atoms with Gasteiger partial charge in [0.1, 0.15) is 0 Å². The molecule has 1 unspecified atom stereocenters. The Bertz CT molecular complexity index is 391. The second-order valence-corrected chi connectivity index (χ2v) is 6.07. The van der Waals surface area contributed by atoms with E-state index < -0.39 is 6.10 Å². The van der Waals surface area contributed by atoms with E-state index >= 15 is 0 Å². The highest BCUT2D eigenvalue weighted by Crippen LogP contribution is 2.32. The molecule has 1 aromatic rings. The molecule has 0 spiro atoms. The summed E-state index contributed by atoms with van der Waals surface area (Å²) < 4.78 is 0. The zero-order valence-corrected chi connectivity index (χ0v) is 11.8. The zero-order valence-electron chi connectivity index (χ0n) is 10.2. The molecule has 1 aromatic carbocycles. The van der Waals surface area contributed by atoms with Gasteiger partial charge in [0.15, 0.2) is 0 Å². The van der Waals surface area contributed by atoms with Crippen LogP contribution in [0.4, 0.5) is 5.69 Å². The number of aliphatic hydroxyl groups is 1. The van der Waals surface area contributed by atoms with E-state index in [0.717, 1.165) is 16.3 Å². The zero-order chi connectivity index (χ0) is 12.4. The number of nitrogens with zero attached hydrogens (tertiary/aromatic N) is 1. The smallest absolute Gasteiger partial charge is 0.0762 e. The summed E-state index contributed by atoms with van der Waals surface area (Å²) in [5, 5.41) is 10.2. The number of hydrogen-bond acceptors (Lipinski definition) is 3. The van der Waals surface area contributed by atoms with E-state index in [1.165, 1.54) is 17.9 Å². The van der Waals surface area contributed by atoms with Gasteiger partial charge in [0, 0.05) is 18.8 Å². The van der Waals surface area contributed by atoms with E-state index in [0.29, 0.717) is 6.04 Å². The molecular formula is C13H18ClNOS. The van der Waals surface area contributed by atoms with Crippen LogP contribution in [-0.4, -0.2) is 29.7 Å². The van der Waals surface area contributed by atoms with Crippen LogP contribution in [0.5, 0.6) is 0 Å². The van der Waals surface area contributed by atoms with Crippen LogP contribution in [-0.2, 0) is 0 Å². The van der Waals surface area contributed by atoms with Gasteiger partial charge in [-0.05, 0) is 36.8 Å². The van der Waals surface area contributed by atoms with Crippen molar-refractivity contribution in [3.05, 3.63) is 28.8 Å². The molecule has 1 fully saturated rings. The minimum atomic E-state index is -0.464. The van der Waals surface area contributed by atoms with Crippen LogP contribution in [0, 0.1) is 0 Å². The summed E-state index contributed by atoms with van der Waals surface area (Å²) in [6, 6.07) is 6.40. The summed E-state index contributed by atoms with van der Waals surface area (Å²) in [4.78, 5) is 2.26. The standard InChI is InChI=1S/C13H18ClNOS/c1-9(16)10-3-4-13(12(14)7-10)15(2)11-5-6-17-8-11/h3-4,7,9,11,16H,5-6,8H2,1-2H3/t9-,11?/m1/s1. The fourth-order valence-corrected chi connectivity index (χ4v) is 3.68. The molecule has 2 nitrogen and oxygen atoms in total. The minimum absolute atomic E-state index is 0.464. The highest BCUT2D eigenvalue weighted by Gasteiger charge is 2.21. The van der Waals surface area contributed by atoms with Gasteiger partial charge in [-0.3, -0.25) is 0 Å². The molecule has 1 aliphatic rings. The Morgan fingerprint density at radius 3 is 2.82 bits per heavy atom. The molecule has 0 bridgehead atoms. The lowest BCUT2D eigenvalue weighted by Crippen LogP contribution is -2.31. The largest absolute Gasteiger partial charge is 0.389 e. The molecule has 1 heterocycles. The number of halogens is 1. The molecule has 0 saturated carbocycles. The Kier molecular flexibility index (Phi) is 4.23. The number of hydrogen-bond donors (Lipinski definition) is 1. The molecule has 1 N–H and O–H groups in total. The van der Waals surface area contributed by atoms with Crippen LogP contribution >= 0.6 is 23.4 Å². The number of thioether (sulfide) groups is 1. The van der Waals surface area contributed by atoms with Gasteiger partial charge in [-0.25, -0.2) is 0 Å². The van der Waals surface area contributed by atoms with Crippen molar-refractivity contribution in [3.63, 3.8) is 0 Å². The predicted molar refractivity (Wildman–Crippen MR) is 76.2 cm³/mol. The molecule has 94 valence electrons. The van der Waals surface area contributed by atoms with Crippen molar-refractivity contribution >= 4 is 29.1 Å². The van der Waals surface area contributed by atoms with Gasteiger partial charge < -0.3 is 10.0 Å². The normalized spacial score (nSPS) is 21.5. The van der Waals surface area contributed by atoms with Gasteiger partial charge in [-0.2, -0.15) is 11.8 Å². The Morgan fingerprint density at radius 1 is 1.53 bits per heavy atom. The fourth-order valence-electron chi connectivity index (χ4n) is 2.09. The molecule has 4 heteroatoms. The summed E-state index contributed by atoms with van der Waals surface area (Å²) >= 11 is 8.28. The fraction of sp³-hybridized carbons (Fsp3) is 0.538. The van der Waals surface area contributed by atoms with Gasteiger partial charge in [0.25, 0.3) is 0 Å². The maximum atomic E-state index is 9.51. The molecule has 2 atom stereocenters. The van der Waals surface area contributed by atoms with Crippen LogP contribution in [0.2, 0.25) is 5.02 Å². The van der Waals surface area contributed by atoms with Gasteiger partial charge in [-0.15, -0.1) is 0 Å². The van der Waals surface area contributed by atoms with Crippen molar-refractivity contribution in [3.8, 4) is 0 Å².